The topological polar surface area (TPSA) is 72.2 Å². The Morgan fingerprint density at radius 2 is 1.94 bits per heavy atom. The molecule has 0 aliphatic rings. The number of hydrogen-bond acceptors (Lipinski definition) is 3. The number of nitrogens with two attached hydrogens (primary N) is 1. The number of primary sulfonamides is 1. The zero-order chi connectivity index (χ0) is 14.0. The molecule has 0 aliphatic heterocycles. The zero-order valence-electron chi connectivity index (χ0n) is 10.8. The third-order valence-corrected chi connectivity index (χ3v) is 3.37. The fourth-order valence-corrected chi connectivity index (χ4v) is 1.91. The fourth-order valence-electron chi connectivity index (χ4n) is 1.39. The van der Waals surface area contributed by atoms with Crippen molar-refractivity contribution in [3.05, 3.63) is 24.0 Å². The Balaban J connectivity index is 2.75. The SMILES string of the molecule is CC(C)(C)CCNc1ccc(S(N)(=O)=O)cc1F. The van der Waals surface area contributed by atoms with Crippen LogP contribution in [0.3, 0.4) is 0 Å². The average Bonchev–Trinajstić information content (AvgIpc) is 2.17. The van der Waals surface area contributed by atoms with E-state index in [-0.39, 0.29) is 16.0 Å². The second-order valence-electron chi connectivity index (χ2n) is 5.42. The molecule has 1 rings (SSSR count). The van der Waals surface area contributed by atoms with Gasteiger partial charge in [-0.25, -0.2) is 17.9 Å². The molecule has 0 atom stereocenters. The Morgan fingerprint density at radius 3 is 2.39 bits per heavy atom. The van der Waals surface area contributed by atoms with Gasteiger partial charge < -0.3 is 5.32 Å². The Hall–Kier alpha value is -1.14. The molecule has 102 valence electrons. The molecule has 0 unspecified atom stereocenters. The van der Waals surface area contributed by atoms with E-state index in [0.29, 0.717) is 6.54 Å². The molecule has 0 amide bonds. The first kappa shape index (κ1) is 14.9. The normalized spacial score (nSPS) is 12.5. The monoisotopic (exact) mass is 274 g/mol. The summed E-state index contributed by atoms with van der Waals surface area (Å²) in [6.07, 6.45) is 0.878. The molecule has 1 aromatic carbocycles. The van der Waals surface area contributed by atoms with Crippen LogP contribution in [0.1, 0.15) is 27.2 Å². The minimum absolute atomic E-state index is 0.157. The van der Waals surface area contributed by atoms with Crippen molar-refractivity contribution in [2.24, 2.45) is 10.6 Å². The molecule has 0 heterocycles. The molecule has 18 heavy (non-hydrogen) atoms. The molecule has 0 fully saturated rings. The molecule has 0 bridgehead atoms. The number of hydrogen-bond donors (Lipinski definition) is 2. The highest BCUT2D eigenvalue weighted by Crippen LogP contribution is 2.21. The van der Waals surface area contributed by atoms with E-state index in [1.165, 1.54) is 12.1 Å². The highest BCUT2D eigenvalue weighted by Gasteiger charge is 2.13. The van der Waals surface area contributed by atoms with Crippen molar-refractivity contribution in [2.45, 2.75) is 32.1 Å². The van der Waals surface area contributed by atoms with Gasteiger partial charge in [-0.05, 0) is 30.0 Å². The van der Waals surface area contributed by atoms with Gasteiger partial charge in [0.15, 0.2) is 0 Å². The summed E-state index contributed by atoms with van der Waals surface area (Å²) in [6, 6.07) is 3.60. The maximum absolute atomic E-state index is 13.6. The molecule has 6 heteroatoms. The Labute approximate surface area is 107 Å². The number of rotatable bonds is 4. The molecule has 0 aromatic heterocycles. The molecule has 3 N–H and O–H groups in total. The van der Waals surface area contributed by atoms with Crippen LogP contribution in [0.25, 0.3) is 0 Å². The Kier molecular flexibility index (Phi) is 4.34. The maximum atomic E-state index is 13.6. The standard InChI is InChI=1S/C12H19FN2O2S/c1-12(2,3)6-7-15-11-5-4-9(8-10(11)13)18(14,16)17/h4-5,8,15H,6-7H2,1-3H3,(H2,14,16,17). The number of anilines is 1. The van der Waals surface area contributed by atoms with E-state index in [2.05, 4.69) is 26.1 Å². The van der Waals surface area contributed by atoms with Crippen LogP contribution in [0.5, 0.6) is 0 Å². The average molecular weight is 274 g/mol. The number of sulfonamides is 1. The highest BCUT2D eigenvalue weighted by atomic mass is 32.2. The first-order valence-electron chi connectivity index (χ1n) is 5.66. The summed E-state index contributed by atoms with van der Waals surface area (Å²) in [7, 11) is -3.85. The van der Waals surface area contributed by atoms with Crippen LogP contribution in [0.2, 0.25) is 0 Å². The van der Waals surface area contributed by atoms with Crippen molar-refractivity contribution >= 4 is 15.7 Å². The van der Waals surface area contributed by atoms with E-state index >= 15 is 0 Å². The first-order valence-corrected chi connectivity index (χ1v) is 7.20. The molecule has 0 aliphatic carbocycles. The van der Waals surface area contributed by atoms with Gasteiger partial charge in [-0.2, -0.15) is 0 Å². The van der Waals surface area contributed by atoms with Crippen LogP contribution in [-0.2, 0) is 10.0 Å². The van der Waals surface area contributed by atoms with Crippen LogP contribution >= 0.6 is 0 Å². The van der Waals surface area contributed by atoms with Gasteiger partial charge in [-0.1, -0.05) is 20.8 Å². The summed E-state index contributed by atoms with van der Waals surface area (Å²) in [6.45, 7) is 6.90. The van der Waals surface area contributed by atoms with Crippen molar-refractivity contribution in [3.63, 3.8) is 0 Å². The van der Waals surface area contributed by atoms with Crippen LogP contribution < -0.4 is 10.5 Å². The second-order valence-corrected chi connectivity index (χ2v) is 6.99. The zero-order valence-corrected chi connectivity index (χ0v) is 11.6. The molecular formula is C12H19FN2O2S. The molecule has 0 saturated heterocycles. The molecular weight excluding hydrogens is 255 g/mol. The lowest BCUT2D eigenvalue weighted by Crippen LogP contribution is -2.15. The molecule has 4 nitrogen and oxygen atoms in total. The van der Waals surface area contributed by atoms with Gasteiger partial charge in [0.05, 0.1) is 10.6 Å². The van der Waals surface area contributed by atoms with Gasteiger partial charge in [0.25, 0.3) is 0 Å². The summed E-state index contributed by atoms with van der Waals surface area (Å²) >= 11 is 0. The van der Waals surface area contributed by atoms with Crippen LogP contribution in [-0.4, -0.2) is 15.0 Å². The molecule has 0 radical (unpaired) electrons. The number of nitrogens with one attached hydrogen (secondary N) is 1. The van der Waals surface area contributed by atoms with Gasteiger partial charge in [-0.3, -0.25) is 0 Å². The van der Waals surface area contributed by atoms with E-state index in [9.17, 15) is 12.8 Å². The lowest BCUT2D eigenvalue weighted by atomic mass is 9.92. The van der Waals surface area contributed by atoms with Gasteiger partial charge in [0, 0.05) is 6.54 Å². The summed E-state index contributed by atoms with van der Waals surface area (Å²) < 4.78 is 35.7. The van der Waals surface area contributed by atoms with Crippen molar-refractivity contribution in [3.8, 4) is 0 Å². The third kappa shape index (κ3) is 4.62. The van der Waals surface area contributed by atoms with Crippen LogP contribution in [0, 0.1) is 11.2 Å². The maximum Gasteiger partial charge on any atom is 0.238 e. The van der Waals surface area contributed by atoms with E-state index in [1.807, 2.05) is 0 Å². The largest absolute Gasteiger partial charge is 0.383 e. The molecule has 1 aromatic rings. The number of halogens is 1. The van der Waals surface area contributed by atoms with Crippen molar-refractivity contribution in [1.82, 2.24) is 0 Å². The third-order valence-electron chi connectivity index (χ3n) is 2.46. The van der Waals surface area contributed by atoms with Gasteiger partial charge in [-0.15, -0.1) is 0 Å². The number of benzene rings is 1. The van der Waals surface area contributed by atoms with Crippen molar-refractivity contribution in [2.75, 3.05) is 11.9 Å². The minimum atomic E-state index is -3.85. The van der Waals surface area contributed by atoms with Crippen molar-refractivity contribution < 1.29 is 12.8 Å². The predicted octanol–water partition coefficient (Wildman–Crippen LogP) is 2.32. The smallest absolute Gasteiger partial charge is 0.238 e. The Morgan fingerprint density at radius 1 is 1.33 bits per heavy atom. The molecule has 0 saturated carbocycles. The Bertz CT molecular complexity index is 521. The molecule has 0 spiro atoms. The first-order chi connectivity index (χ1) is 8.09. The minimum Gasteiger partial charge on any atom is -0.383 e. The lowest BCUT2D eigenvalue weighted by molar-refractivity contribution is 0.389. The quantitative estimate of drug-likeness (QED) is 0.885. The summed E-state index contributed by atoms with van der Waals surface area (Å²) in [5, 5.41) is 7.86. The van der Waals surface area contributed by atoms with Gasteiger partial charge in [0.1, 0.15) is 5.82 Å². The van der Waals surface area contributed by atoms with E-state index in [4.69, 9.17) is 5.14 Å². The summed E-state index contributed by atoms with van der Waals surface area (Å²) in [4.78, 5) is -0.221. The predicted molar refractivity (Wildman–Crippen MR) is 70.3 cm³/mol. The van der Waals surface area contributed by atoms with Crippen LogP contribution in [0.4, 0.5) is 10.1 Å². The van der Waals surface area contributed by atoms with Gasteiger partial charge >= 0.3 is 0 Å². The lowest BCUT2D eigenvalue weighted by Gasteiger charge is -2.18. The van der Waals surface area contributed by atoms with Crippen molar-refractivity contribution in [1.29, 1.82) is 0 Å². The fraction of sp³-hybridized carbons (Fsp3) is 0.500. The summed E-state index contributed by atoms with van der Waals surface area (Å²) in [5.74, 6) is -0.615. The van der Waals surface area contributed by atoms with E-state index < -0.39 is 15.8 Å². The highest BCUT2D eigenvalue weighted by molar-refractivity contribution is 7.89. The van der Waals surface area contributed by atoms with E-state index in [0.717, 1.165) is 12.5 Å². The summed E-state index contributed by atoms with van der Waals surface area (Å²) in [5.41, 5.74) is 0.441. The second kappa shape index (κ2) is 5.24. The van der Waals surface area contributed by atoms with Gasteiger partial charge in [0.2, 0.25) is 10.0 Å². The van der Waals surface area contributed by atoms with E-state index in [1.54, 1.807) is 0 Å². The van der Waals surface area contributed by atoms with Crippen LogP contribution in [0.15, 0.2) is 23.1 Å².